The van der Waals surface area contributed by atoms with Gasteiger partial charge < -0.3 is 9.84 Å². The van der Waals surface area contributed by atoms with Crippen LogP contribution >= 0.6 is 12.4 Å². The molecule has 2 aromatic rings. The number of ether oxygens (including phenoxy) is 1. The van der Waals surface area contributed by atoms with Gasteiger partial charge in [0.1, 0.15) is 11.6 Å². The maximum Gasteiger partial charge on any atom is 0.123 e. The molecule has 1 heterocycles. The predicted octanol–water partition coefficient (Wildman–Crippen LogP) is 3.74. The van der Waals surface area contributed by atoms with Crippen LogP contribution in [-0.4, -0.2) is 30.2 Å². The molecule has 0 saturated carbocycles. The molecule has 0 spiro atoms. The van der Waals surface area contributed by atoms with E-state index in [0.29, 0.717) is 18.4 Å². The van der Waals surface area contributed by atoms with Crippen molar-refractivity contribution in [3.63, 3.8) is 0 Å². The van der Waals surface area contributed by atoms with Crippen LogP contribution in [-0.2, 0) is 12.1 Å². The van der Waals surface area contributed by atoms with Gasteiger partial charge in [-0.1, -0.05) is 24.3 Å². The standard InChI is InChI=1S/C19H22FNO2.ClH/c1-23-18-7-5-15(6-8-18)14-21-11-9-19(22,10-12-21)16-3-2-4-17(20)13-16;/h2-8,13,22H,9-12,14H2,1H3;1H. The minimum absolute atomic E-state index is 0. The van der Waals surface area contributed by atoms with Crippen molar-refractivity contribution < 1.29 is 14.2 Å². The van der Waals surface area contributed by atoms with Gasteiger partial charge in [-0.2, -0.15) is 0 Å². The van der Waals surface area contributed by atoms with Crippen molar-refractivity contribution in [2.45, 2.75) is 25.0 Å². The molecule has 0 aliphatic carbocycles. The van der Waals surface area contributed by atoms with Crippen LogP contribution in [0.3, 0.4) is 0 Å². The fourth-order valence-corrected chi connectivity index (χ4v) is 3.14. The van der Waals surface area contributed by atoms with Crippen LogP contribution in [0.2, 0.25) is 0 Å². The van der Waals surface area contributed by atoms with Crippen LogP contribution in [0.1, 0.15) is 24.0 Å². The van der Waals surface area contributed by atoms with Crippen molar-refractivity contribution >= 4 is 12.4 Å². The quantitative estimate of drug-likeness (QED) is 0.910. The lowest BCUT2D eigenvalue weighted by molar-refractivity contribution is -0.0279. The first-order valence-electron chi connectivity index (χ1n) is 7.93. The van der Waals surface area contributed by atoms with Gasteiger partial charge in [-0.05, 0) is 48.2 Å². The Morgan fingerprint density at radius 1 is 1.12 bits per heavy atom. The van der Waals surface area contributed by atoms with Gasteiger partial charge in [0.25, 0.3) is 0 Å². The molecule has 2 aromatic carbocycles. The maximum absolute atomic E-state index is 13.4. The molecular weight excluding hydrogens is 329 g/mol. The summed E-state index contributed by atoms with van der Waals surface area (Å²) < 4.78 is 18.6. The van der Waals surface area contributed by atoms with E-state index in [-0.39, 0.29) is 18.2 Å². The van der Waals surface area contributed by atoms with Crippen molar-refractivity contribution in [3.05, 3.63) is 65.5 Å². The Kier molecular flexibility index (Phi) is 6.21. The predicted molar refractivity (Wildman–Crippen MR) is 95.0 cm³/mol. The van der Waals surface area contributed by atoms with Gasteiger partial charge in [0, 0.05) is 19.6 Å². The molecule has 0 aromatic heterocycles. The molecule has 1 aliphatic rings. The van der Waals surface area contributed by atoms with Gasteiger partial charge in [0.2, 0.25) is 0 Å². The summed E-state index contributed by atoms with van der Waals surface area (Å²) >= 11 is 0. The molecule has 0 bridgehead atoms. The second-order valence-electron chi connectivity index (χ2n) is 6.17. The SMILES string of the molecule is COc1ccc(CN2CCC(O)(c3cccc(F)c3)CC2)cc1.Cl. The third-order valence-corrected chi connectivity index (χ3v) is 4.61. The van der Waals surface area contributed by atoms with Crippen LogP contribution in [0.4, 0.5) is 4.39 Å². The van der Waals surface area contributed by atoms with E-state index in [1.54, 1.807) is 13.2 Å². The number of nitrogens with zero attached hydrogens (tertiary/aromatic N) is 1. The number of methoxy groups -OCH3 is 1. The topological polar surface area (TPSA) is 32.7 Å². The number of aliphatic hydroxyl groups is 1. The van der Waals surface area contributed by atoms with Gasteiger partial charge in [0.05, 0.1) is 12.7 Å². The Balaban J connectivity index is 0.00000208. The minimum Gasteiger partial charge on any atom is -0.497 e. The average Bonchev–Trinajstić information content (AvgIpc) is 2.58. The number of halogens is 2. The van der Waals surface area contributed by atoms with Crippen LogP contribution in [0.25, 0.3) is 0 Å². The number of piperidine rings is 1. The molecule has 130 valence electrons. The summed E-state index contributed by atoms with van der Waals surface area (Å²) in [5.74, 6) is 0.560. The third-order valence-electron chi connectivity index (χ3n) is 4.61. The Bertz CT molecular complexity index is 655. The van der Waals surface area contributed by atoms with E-state index < -0.39 is 5.60 Å². The van der Waals surface area contributed by atoms with Crippen LogP contribution in [0.5, 0.6) is 5.75 Å². The lowest BCUT2D eigenvalue weighted by Crippen LogP contribution is -2.42. The number of likely N-dealkylation sites (tertiary alicyclic amines) is 1. The molecule has 1 fully saturated rings. The second-order valence-corrected chi connectivity index (χ2v) is 6.17. The largest absolute Gasteiger partial charge is 0.497 e. The number of hydrogen-bond acceptors (Lipinski definition) is 3. The van der Waals surface area contributed by atoms with Crippen molar-refractivity contribution in [2.24, 2.45) is 0 Å². The van der Waals surface area contributed by atoms with Crippen molar-refractivity contribution in [2.75, 3.05) is 20.2 Å². The number of hydrogen-bond donors (Lipinski definition) is 1. The average molecular weight is 352 g/mol. The zero-order valence-corrected chi connectivity index (χ0v) is 14.6. The lowest BCUT2D eigenvalue weighted by atomic mass is 9.84. The van der Waals surface area contributed by atoms with Gasteiger partial charge in [-0.25, -0.2) is 4.39 Å². The number of rotatable bonds is 4. The van der Waals surface area contributed by atoms with E-state index in [9.17, 15) is 9.50 Å². The highest BCUT2D eigenvalue weighted by atomic mass is 35.5. The highest BCUT2D eigenvalue weighted by Crippen LogP contribution is 2.33. The normalized spacial score (nSPS) is 17.1. The lowest BCUT2D eigenvalue weighted by Gasteiger charge is -2.38. The van der Waals surface area contributed by atoms with Gasteiger partial charge in [0.15, 0.2) is 0 Å². The molecular formula is C19H23ClFNO2. The summed E-state index contributed by atoms with van der Waals surface area (Å²) in [4.78, 5) is 2.32. The van der Waals surface area contributed by atoms with Gasteiger partial charge >= 0.3 is 0 Å². The summed E-state index contributed by atoms with van der Waals surface area (Å²) in [6.07, 6.45) is 1.24. The summed E-state index contributed by atoms with van der Waals surface area (Å²) in [6.45, 7) is 2.43. The van der Waals surface area contributed by atoms with Crippen molar-refractivity contribution in [1.29, 1.82) is 0 Å². The molecule has 0 radical (unpaired) electrons. The monoisotopic (exact) mass is 351 g/mol. The second kappa shape index (κ2) is 7.97. The van der Waals surface area contributed by atoms with Crippen molar-refractivity contribution in [1.82, 2.24) is 4.90 Å². The van der Waals surface area contributed by atoms with E-state index in [1.807, 2.05) is 18.2 Å². The Morgan fingerprint density at radius 3 is 2.38 bits per heavy atom. The van der Waals surface area contributed by atoms with Crippen molar-refractivity contribution in [3.8, 4) is 5.75 Å². The van der Waals surface area contributed by atoms with Gasteiger partial charge in [-0.3, -0.25) is 4.90 Å². The van der Waals surface area contributed by atoms with Crippen LogP contribution in [0.15, 0.2) is 48.5 Å². The van der Waals surface area contributed by atoms with Crippen LogP contribution in [0, 0.1) is 5.82 Å². The summed E-state index contributed by atoms with van der Waals surface area (Å²) in [5, 5.41) is 10.8. The highest BCUT2D eigenvalue weighted by molar-refractivity contribution is 5.85. The molecule has 0 atom stereocenters. The van der Waals surface area contributed by atoms with E-state index in [4.69, 9.17) is 4.74 Å². The minimum atomic E-state index is -0.918. The van der Waals surface area contributed by atoms with E-state index in [1.165, 1.54) is 17.7 Å². The molecule has 24 heavy (non-hydrogen) atoms. The zero-order chi connectivity index (χ0) is 16.3. The molecule has 0 unspecified atom stereocenters. The molecule has 1 N–H and O–H groups in total. The summed E-state index contributed by atoms with van der Waals surface area (Å²) in [5.41, 5.74) is 0.988. The Morgan fingerprint density at radius 2 is 1.79 bits per heavy atom. The first-order valence-corrected chi connectivity index (χ1v) is 7.93. The summed E-state index contributed by atoms with van der Waals surface area (Å²) in [7, 11) is 1.66. The smallest absolute Gasteiger partial charge is 0.123 e. The maximum atomic E-state index is 13.4. The Hall–Kier alpha value is -1.62. The van der Waals surface area contributed by atoms with E-state index >= 15 is 0 Å². The molecule has 3 nitrogen and oxygen atoms in total. The fraction of sp³-hybridized carbons (Fsp3) is 0.368. The van der Waals surface area contributed by atoms with E-state index in [2.05, 4.69) is 17.0 Å². The molecule has 0 amide bonds. The molecule has 1 aliphatic heterocycles. The molecule has 3 rings (SSSR count). The molecule has 1 saturated heterocycles. The first kappa shape index (κ1) is 18.7. The molecule has 5 heteroatoms. The Labute approximate surface area is 148 Å². The van der Waals surface area contributed by atoms with Gasteiger partial charge in [-0.15, -0.1) is 12.4 Å². The fourth-order valence-electron chi connectivity index (χ4n) is 3.14. The highest BCUT2D eigenvalue weighted by Gasteiger charge is 2.34. The third kappa shape index (κ3) is 4.26. The zero-order valence-electron chi connectivity index (χ0n) is 13.7. The number of benzene rings is 2. The first-order chi connectivity index (χ1) is 11.1. The van der Waals surface area contributed by atoms with Crippen LogP contribution < -0.4 is 4.74 Å². The summed E-state index contributed by atoms with van der Waals surface area (Å²) in [6, 6.07) is 14.4. The van der Waals surface area contributed by atoms with E-state index in [0.717, 1.165) is 25.4 Å².